The van der Waals surface area contributed by atoms with E-state index in [1.165, 1.54) is 25.7 Å². The maximum Gasteiger partial charge on any atom is 0.144 e. The van der Waals surface area contributed by atoms with Crippen LogP contribution in [-0.4, -0.2) is 30.6 Å². The minimum Gasteiger partial charge on any atom is -0.359 e. The average molecular weight is 234 g/mol. The first-order chi connectivity index (χ1) is 8.29. The lowest BCUT2D eigenvalue weighted by atomic mass is 10.1. The van der Waals surface area contributed by atoms with Crippen LogP contribution in [0.15, 0.2) is 12.3 Å². The summed E-state index contributed by atoms with van der Waals surface area (Å²) in [5.41, 5.74) is 0. The van der Waals surface area contributed by atoms with Gasteiger partial charge < -0.3 is 10.2 Å². The Hall–Kier alpha value is -1.16. The van der Waals surface area contributed by atoms with E-state index in [4.69, 9.17) is 0 Å². The van der Waals surface area contributed by atoms with E-state index >= 15 is 0 Å². The van der Waals surface area contributed by atoms with E-state index in [1.807, 2.05) is 19.3 Å². The number of hydrogen-bond acceptors (Lipinski definition) is 4. The van der Waals surface area contributed by atoms with Crippen LogP contribution in [0.1, 0.15) is 31.5 Å². The zero-order chi connectivity index (χ0) is 12.1. The summed E-state index contributed by atoms with van der Waals surface area (Å²) in [7, 11) is 4.04. The minimum atomic E-state index is 0.727. The van der Waals surface area contributed by atoms with Gasteiger partial charge >= 0.3 is 0 Å². The Labute approximate surface area is 103 Å². The molecule has 0 bridgehead atoms. The quantitative estimate of drug-likeness (QED) is 0.844. The normalized spacial score (nSPS) is 16.4. The van der Waals surface area contributed by atoms with E-state index in [9.17, 15) is 0 Å². The van der Waals surface area contributed by atoms with Gasteiger partial charge in [0.25, 0.3) is 0 Å². The van der Waals surface area contributed by atoms with E-state index in [1.54, 1.807) is 0 Å². The van der Waals surface area contributed by atoms with Gasteiger partial charge in [0.1, 0.15) is 11.6 Å². The number of anilines is 1. The highest BCUT2D eigenvalue weighted by Crippen LogP contribution is 2.26. The van der Waals surface area contributed by atoms with E-state index in [0.29, 0.717) is 0 Å². The third-order valence-corrected chi connectivity index (χ3v) is 3.42. The van der Waals surface area contributed by atoms with Gasteiger partial charge in [-0.3, -0.25) is 0 Å². The van der Waals surface area contributed by atoms with E-state index in [0.717, 1.165) is 30.6 Å². The van der Waals surface area contributed by atoms with Crippen LogP contribution in [0.4, 0.5) is 5.82 Å². The van der Waals surface area contributed by atoms with Crippen molar-refractivity contribution in [1.29, 1.82) is 0 Å². The van der Waals surface area contributed by atoms with Gasteiger partial charge in [-0.1, -0.05) is 12.8 Å². The highest BCUT2D eigenvalue weighted by Gasteiger charge is 2.17. The van der Waals surface area contributed by atoms with Gasteiger partial charge in [-0.2, -0.15) is 0 Å². The van der Waals surface area contributed by atoms with Gasteiger partial charge in [0.05, 0.1) is 6.54 Å². The predicted octanol–water partition coefficient (Wildman–Crippen LogP) is 1.82. The summed E-state index contributed by atoms with van der Waals surface area (Å²) in [6.45, 7) is 1.85. The van der Waals surface area contributed by atoms with Crippen LogP contribution in [0.25, 0.3) is 0 Å². The monoisotopic (exact) mass is 234 g/mol. The molecule has 1 aromatic rings. The Morgan fingerprint density at radius 2 is 2.18 bits per heavy atom. The summed E-state index contributed by atoms with van der Waals surface area (Å²) in [5.74, 6) is 2.75. The SMILES string of the molecule is CNCc1nccc(N(C)CC2CCCC2)n1. The maximum absolute atomic E-state index is 4.56. The van der Waals surface area contributed by atoms with Gasteiger partial charge in [-0.05, 0) is 31.9 Å². The van der Waals surface area contributed by atoms with Crippen LogP contribution in [0.2, 0.25) is 0 Å². The topological polar surface area (TPSA) is 41.1 Å². The molecular weight excluding hydrogens is 212 g/mol. The van der Waals surface area contributed by atoms with Crippen molar-refractivity contribution < 1.29 is 0 Å². The molecule has 4 heteroatoms. The second kappa shape index (κ2) is 5.96. The molecule has 0 saturated heterocycles. The molecule has 0 aliphatic heterocycles. The van der Waals surface area contributed by atoms with Crippen LogP contribution in [-0.2, 0) is 6.54 Å². The third-order valence-electron chi connectivity index (χ3n) is 3.42. The van der Waals surface area contributed by atoms with Gasteiger partial charge in [-0.25, -0.2) is 9.97 Å². The van der Waals surface area contributed by atoms with Crippen molar-refractivity contribution in [1.82, 2.24) is 15.3 Å². The van der Waals surface area contributed by atoms with Crippen molar-refractivity contribution in [3.63, 3.8) is 0 Å². The lowest BCUT2D eigenvalue weighted by Crippen LogP contribution is -2.25. The average Bonchev–Trinajstić information content (AvgIpc) is 2.83. The molecular formula is C13H22N4. The summed E-state index contributed by atoms with van der Waals surface area (Å²) < 4.78 is 0. The second-order valence-corrected chi connectivity index (χ2v) is 4.89. The Morgan fingerprint density at radius 1 is 1.41 bits per heavy atom. The number of nitrogens with zero attached hydrogens (tertiary/aromatic N) is 3. The molecule has 2 rings (SSSR count). The molecule has 1 saturated carbocycles. The van der Waals surface area contributed by atoms with Crippen LogP contribution in [0.5, 0.6) is 0 Å². The Kier molecular flexibility index (Phi) is 4.31. The molecule has 1 heterocycles. The zero-order valence-electron chi connectivity index (χ0n) is 10.8. The van der Waals surface area contributed by atoms with Crippen molar-refractivity contribution in [2.24, 2.45) is 5.92 Å². The molecule has 1 fully saturated rings. The summed E-state index contributed by atoms with van der Waals surface area (Å²) in [4.78, 5) is 11.1. The Bertz CT molecular complexity index is 347. The summed E-state index contributed by atoms with van der Waals surface area (Å²) in [5, 5.41) is 3.08. The van der Waals surface area contributed by atoms with Crippen LogP contribution >= 0.6 is 0 Å². The van der Waals surface area contributed by atoms with Crippen LogP contribution in [0.3, 0.4) is 0 Å². The van der Waals surface area contributed by atoms with Gasteiger partial charge in [0.2, 0.25) is 0 Å². The molecule has 0 atom stereocenters. The van der Waals surface area contributed by atoms with Crippen molar-refractivity contribution in [3.8, 4) is 0 Å². The molecule has 0 radical (unpaired) electrons. The van der Waals surface area contributed by atoms with Gasteiger partial charge in [-0.15, -0.1) is 0 Å². The lowest BCUT2D eigenvalue weighted by molar-refractivity contribution is 0.544. The maximum atomic E-state index is 4.56. The number of hydrogen-bond donors (Lipinski definition) is 1. The summed E-state index contributed by atoms with van der Waals surface area (Å²) in [6, 6.07) is 1.99. The standard InChI is InChI=1S/C13H22N4/c1-14-9-12-15-8-7-13(16-12)17(2)10-11-5-3-4-6-11/h7-8,11,14H,3-6,9-10H2,1-2H3. The zero-order valence-corrected chi connectivity index (χ0v) is 10.8. The Morgan fingerprint density at radius 3 is 2.88 bits per heavy atom. The molecule has 1 aromatic heterocycles. The molecule has 0 spiro atoms. The van der Waals surface area contributed by atoms with E-state index in [2.05, 4.69) is 27.2 Å². The number of nitrogens with one attached hydrogen (secondary N) is 1. The predicted molar refractivity (Wildman–Crippen MR) is 70.0 cm³/mol. The van der Waals surface area contributed by atoms with Crippen molar-refractivity contribution in [3.05, 3.63) is 18.1 Å². The molecule has 4 nitrogen and oxygen atoms in total. The smallest absolute Gasteiger partial charge is 0.144 e. The highest BCUT2D eigenvalue weighted by atomic mass is 15.2. The summed E-state index contributed by atoms with van der Waals surface area (Å²) in [6.07, 6.45) is 7.39. The fourth-order valence-electron chi connectivity index (χ4n) is 2.52. The van der Waals surface area contributed by atoms with Gasteiger partial charge in [0.15, 0.2) is 0 Å². The van der Waals surface area contributed by atoms with Crippen LogP contribution in [0, 0.1) is 5.92 Å². The number of aromatic nitrogens is 2. The first-order valence-electron chi connectivity index (χ1n) is 6.47. The first-order valence-corrected chi connectivity index (χ1v) is 6.47. The molecule has 0 unspecified atom stereocenters. The Balaban J connectivity index is 1.97. The fraction of sp³-hybridized carbons (Fsp3) is 0.692. The van der Waals surface area contributed by atoms with E-state index in [-0.39, 0.29) is 0 Å². The molecule has 1 aliphatic carbocycles. The minimum absolute atomic E-state index is 0.727. The van der Waals surface area contributed by atoms with Crippen LogP contribution < -0.4 is 10.2 Å². The second-order valence-electron chi connectivity index (χ2n) is 4.89. The largest absolute Gasteiger partial charge is 0.359 e. The first kappa shape index (κ1) is 12.3. The summed E-state index contributed by atoms with van der Waals surface area (Å²) >= 11 is 0. The molecule has 1 N–H and O–H groups in total. The van der Waals surface area contributed by atoms with E-state index < -0.39 is 0 Å². The third kappa shape index (κ3) is 3.40. The molecule has 17 heavy (non-hydrogen) atoms. The molecule has 0 amide bonds. The number of rotatable bonds is 5. The highest BCUT2D eigenvalue weighted by molar-refractivity contribution is 5.36. The van der Waals surface area contributed by atoms with Crippen molar-refractivity contribution in [2.75, 3.05) is 25.5 Å². The fourth-order valence-corrected chi connectivity index (χ4v) is 2.52. The lowest BCUT2D eigenvalue weighted by Gasteiger charge is -2.22. The van der Waals surface area contributed by atoms with Gasteiger partial charge in [0, 0.05) is 19.8 Å². The molecule has 0 aromatic carbocycles. The molecule has 94 valence electrons. The van der Waals surface area contributed by atoms with Crippen molar-refractivity contribution >= 4 is 5.82 Å². The van der Waals surface area contributed by atoms with Crippen molar-refractivity contribution in [2.45, 2.75) is 32.2 Å². The molecule has 1 aliphatic rings.